The summed E-state index contributed by atoms with van der Waals surface area (Å²) in [5.74, 6) is 0. The second kappa shape index (κ2) is 6.34. The van der Waals surface area contributed by atoms with Crippen LogP contribution in [0.1, 0.15) is 0 Å². The minimum absolute atomic E-state index is 0.0795. The van der Waals surface area contributed by atoms with Crippen molar-refractivity contribution in [2.75, 3.05) is 52.9 Å². The van der Waals surface area contributed by atoms with Crippen LogP contribution in [0.25, 0.3) is 0 Å². The molecule has 0 aromatic carbocycles. The second-order valence-corrected chi connectivity index (χ2v) is 7.85. The predicted molar refractivity (Wildman–Crippen MR) is 68.6 cm³/mol. The van der Waals surface area contributed by atoms with Gasteiger partial charge in [0.25, 0.3) is 0 Å². The van der Waals surface area contributed by atoms with Crippen LogP contribution < -0.4 is 0 Å². The lowest BCUT2D eigenvalue weighted by molar-refractivity contribution is -0.0968. The standard InChI is InChI=1S/2C5H9O4P/c2*6-1-5-2-7-10(8-3-5)9-4-5/h2*6H,1-4H2. The molecule has 2 N–H and O–H groups in total. The summed E-state index contributed by atoms with van der Waals surface area (Å²) in [6.07, 6.45) is 0. The predicted octanol–water partition coefficient (Wildman–Crippen LogP) is 0.538. The average Bonchev–Trinajstić information content (AvgIpc) is 2.59. The van der Waals surface area contributed by atoms with Gasteiger partial charge in [-0.1, -0.05) is 0 Å². The molecule has 6 heterocycles. The van der Waals surface area contributed by atoms with E-state index in [2.05, 4.69) is 0 Å². The Morgan fingerprint density at radius 3 is 1.00 bits per heavy atom. The maximum absolute atomic E-state index is 8.93. The lowest BCUT2D eigenvalue weighted by Crippen LogP contribution is -2.46. The number of hydrogen-bond donors (Lipinski definition) is 2. The summed E-state index contributed by atoms with van der Waals surface area (Å²) in [4.78, 5) is 0. The van der Waals surface area contributed by atoms with Crippen LogP contribution in [-0.4, -0.2) is 63.1 Å². The van der Waals surface area contributed by atoms with E-state index >= 15 is 0 Å². The van der Waals surface area contributed by atoms with Crippen molar-refractivity contribution < 1.29 is 37.4 Å². The summed E-state index contributed by atoms with van der Waals surface area (Å²) in [5.41, 5.74) is -0.534. The SMILES string of the molecule is OCC12COP(OC1)OC2.OCC12COP(OC1)OC2. The molecule has 10 heteroatoms. The van der Waals surface area contributed by atoms with Gasteiger partial charge in [0, 0.05) is 0 Å². The van der Waals surface area contributed by atoms with E-state index in [0.717, 1.165) is 0 Å². The molecule has 0 radical (unpaired) electrons. The Kier molecular flexibility index (Phi) is 4.90. The van der Waals surface area contributed by atoms with E-state index in [-0.39, 0.29) is 24.0 Å². The summed E-state index contributed by atoms with van der Waals surface area (Å²) in [6, 6.07) is 0. The van der Waals surface area contributed by atoms with Gasteiger partial charge < -0.3 is 37.4 Å². The highest BCUT2D eigenvalue weighted by Crippen LogP contribution is 2.53. The largest absolute Gasteiger partial charge is 0.396 e. The highest BCUT2D eigenvalue weighted by atomic mass is 31.2. The van der Waals surface area contributed by atoms with E-state index in [1.165, 1.54) is 0 Å². The Balaban J connectivity index is 0.000000121. The molecule has 4 bridgehead atoms. The molecule has 0 amide bonds. The number of aliphatic hydroxyl groups excluding tert-OH is 2. The van der Waals surface area contributed by atoms with Gasteiger partial charge >= 0.3 is 17.2 Å². The van der Waals surface area contributed by atoms with Crippen LogP contribution in [0.15, 0.2) is 0 Å². The fraction of sp³-hybridized carbons (Fsp3) is 1.00. The Morgan fingerprint density at radius 2 is 0.850 bits per heavy atom. The molecule has 6 aliphatic rings. The maximum atomic E-state index is 8.93. The molecular weight excluding hydrogens is 310 g/mol. The first kappa shape index (κ1) is 15.4. The van der Waals surface area contributed by atoms with Crippen LogP contribution in [0.3, 0.4) is 0 Å². The molecule has 20 heavy (non-hydrogen) atoms. The minimum Gasteiger partial charge on any atom is -0.396 e. The van der Waals surface area contributed by atoms with Crippen LogP contribution in [0.4, 0.5) is 0 Å². The fourth-order valence-corrected chi connectivity index (χ4v) is 4.61. The Hall–Kier alpha value is 0.540. The zero-order chi connectivity index (χ0) is 14.1. The minimum atomic E-state index is -1.05. The van der Waals surface area contributed by atoms with E-state index in [1.807, 2.05) is 0 Å². The van der Waals surface area contributed by atoms with Gasteiger partial charge in [-0.05, 0) is 0 Å². The van der Waals surface area contributed by atoms with Crippen LogP contribution in [0.5, 0.6) is 0 Å². The summed E-state index contributed by atoms with van der Waals surface area (Å²) < 4.78 is 30.8. The van der Waals surface area contributed by atoms with Crippen molar-refractivity contribution in [2.45, 2.75) is 0 Å². The van der Waals surface area contributed by atoms with Gasteiger partial charge in [0.1, 0.15) is 0 Å². The van der Waals surface area contributed by atoms with Crippen molar-refractivity contribution in [1.82, 2.24) is 0 Å². The van der Waals surface area contributed by atoms with Crippen molar-refractivity contribution in [3.63, 3.8) is 0 Å². The van der Waals surface area contributed by atoms with Gasteiger partial charge in [-0.25, -0.2) is 0 Å². The van der Waals surface area contributed by atoms with Gasteiger partial charge in [0.15, 0.2) is 0 Å². The molecule has 0 unspecified atom stereocenters. The monoisotopic (exact) mass is 328 g/mol. The lowest BCUT2D eigenvalue weighted by atomic mass is 9.93. The molecule has 0 aliphatic carbocycles. The lowest BCUT2D eigenvalue weighted by Gasteiger charge is -2.42. The molecule has 6 fully saturated rings. The first-order chi connectivity index (χ1) is 9.69. The van der Waals surface area contributed by atoms with E-state index in [4.69, 9.17) is 37.4 Å². The molecule has 116 valence electrons. The number of rotatable bonds is 2. The van der Waals surface area contributed by atoms with Crippen molar-refractivity contribution >= 4 is 17.2 Å². The summed E-state index contributed by atoms with van der Waals surface area (Å²) in [5, 5.41) is 17.9. The topological polar surface area (TPSA) is 95.8 Å². The molecule has 6 saturated heterocycles. The Morgan fingerprint density at radius 1 is 0.600 bits per heavy atom. The molecule has 0 aromatic rings. The maximum Gasteiger partial charge on any atom is 0.332 e. The summed E-state index contributed by atoms with van der Waals surface area (Å²) >= 11 is 0. The van der Waals surface area contributed by atoms with E-state index < -0.39 is 17.2 Å². The van der Waals surface area contributed by atoms with Gasteiger partial charge in [0.05, 0.1) is 63.7 Å². The fourth-order valence-electron chi connectivity index (χ4n) is 1.89. The van der Waals surface area contributed by atoms with Gasteiger partial charge in [-0.15, -0.1) is 0 Å². The number of fused-ring (bicyclic) bond motifs is 6. The van der Waals surface area contributed by atoms with E-state index in [9.17, 15) is 0 Å². The quantitative estimate of drug-likeness (QED) is 0.709. The summed E-state index contributed by atoms with van der Waals surface area (Å²) in [6.45, 7) is 3.63. The molecule has 6 aliphatic heterocycles. The Labute approximate surface area is 119 Å². The van der Waals surface area contributed by atoms with E-state index in [1.54, 1.807) is 0 Å². The first-order valence-electron chi connectivity index (χ1n) is 6.29. The molecule has 0 spiro atoms. The molecule has 0 aromatic heterocycles. The smallest absolute Gasteiger partial charge is 0.332 e. The van der Waals surface area contributed by atoms with Gasteiger partial charge in [-0.2, -0.15) is 0 Å². The third-order valence-corrected chi connectivity index (χ3v) is 5.57. The highest BCUT2D eigenvalue weighted by molar-refractivity contribution is 7.42. The third-order valence-electron chi connectivity index (χ3n) is 3.53. The van der Waals surface area contributed by atoms with Crippen LogP contribution in [0, 0.1) is 10.8 Å². The molecule has 0 atom stereocenters. The van der Waals surface area contributed by atoms with Gasteiger partial charge in [-0.3, -0.25) is 0 Å². The molecule has 8 nitrogen and oxygen atoms in total. The zero-order valence-corrected chi connectivity index (χ0v) is 12.7. The first-order valence-corrected chi connectivity index (χ1v) is 8.48. The van der Waals surface area contributed by atoms with Crippen molar-refractivity contribution in [3.05, 3.63) is 0 Å². The normalized spacial score (nSPS) is 45.9. The molecular formula is C10H18O8P2. The number of hydrogen-bond acceptors (Lipinski definition) is 8. The van der Waals surface area contributed by atoms with Crippen LogP contribution in [-0.2, 0) is 27.1 Å². The van der Waals surface area contributed by atoms with Crippen LogP contribution >= 0.6 is 17.2 Å². The molecule has 6 rings (SSSR count). The average molecular weight is 328 g/mol. The van der Waals surface area contributed by atoms with Crippen molar-refractivity contribution in [1.29, 1.82) is 0 Å². The van der Waals surface area contributed by atoms with Crippen LogP contribution in [0.2, 0.25) is 0 Å². The second-order valence-electron chi connectivity index (χ2n) is 5.40. The zero-order valence-electron chi connectivity index (χ0n) is 10.9. The third kappa shape index (κ3) is 3.15. The Bertz CT molecular complexity index is 268. The summed E-state index contributed by atoms with van der Waals surface area (Å²) in [7, 11) is -2.10. The molecule has 0 saturated carbocycles. The van der Waals surface area contributed by atoms with Gasteiger partial charge in [0.2, 0.25) is 0 Å². The van der Waals surface area contributed by atoms with Crippen molar-refractivity contribution in [3.8, 4) is 0 Å². The van der Waals surface area contributed by atoms with E-state index in [0.29, 0.717) is 39.6 Å². The number of aliphatic hydroxyl groups is 2. The highest BCUT2D eigenvalue weighted by Gasteiger charge is 2.45. The van der Waals surface area contributed by atoms with Crippen molar-refractivity contribution in [2.24, 2.45) is 10.8 Å².